The lowest BCUT2D eigenvalue weighted by atomic mass is 9.97. The maximum absolute atomic E-state index is 5.86. The van der Waals surface area contributed by atoms with E-state index in [1.54, 1.807) is 18.2 Å². The number of rotatable bonds is 3. The Kier molecular flexibility index (Phi) is 8.64. The molecule has 0 aliphatic rings. The second kappa shape index (κ2) is 7.68. The molecule has 2 radical (unpaired) electrons. The van der Waals surface area contributed by atoms with Crippen molar-refractivity contribution in [2.24, 2.45) is 0 Å². The lowest BCUT2D eigenvalue weighted by molar-refractivity contribution is 0.317. The second-order valence-corrected chi connectivity index (χ2v) is 2.95. The van der Waals surface area contributed by atoms with Gasteiger partial charge in [0.05, 0.1) is 11.6 Å². The van der Waals surface area contributed by atoms with Gasteiger partial charge in [-0.25, -0.2) is 0 Å². The highest BCUT2D eigenvalue weighted by atomic mass is 35.5. The molecule has 0 saturated heterocycles. The fraction of sp³-hybridized carbons (Fsp3) is 0.333. The van der Waals surface area contributed by atoms with Crippen LogP contribution in [0, 0.1) is 0 Å². The summed E-state index contributed by atoms with van der Waals surface area (Å²) >= 11 is 5.86. The number of halogens is 1. The molecule has 14 heavy (non-hydrogen) atoms. The Morgan fingerprint density at radius 1 is 1.36 bits per heavy atom. The van der Waals surface area contributed by atoms with Gasteiger partial charge in [-0.1, -0.05) is 30.1 Å². The zero-order valence-electron chi connectivity index (χ0n) is 8.01. The third kappa shape index (κ3) is 4.51. The second-order valence-electron chi connectivity index (χ2n) is 2.54. The minimum atomic E-state index is 0. The van der Waals surface area contributed by atoms with E-state index in [1.165, 1.54) is 0 Å². The van der Waals surface area contributed by atoms with Crippen molar-refractivity contribution in [2.75, 3.05) is 6.61 Å². The van der Waals surface area contributed by atoms with E-state index in [2.05, 4.69) is 0 Å². The Hall–Kier alpha value is -0.705. The highest BCUT2D eigenvalue weighted by Crippen LogP contribution is 2.21. The number of hydrogen-bond acceptors (Lipinski definition) is 1. The van der Waals surface area contributed by atoms with E-state index in [9.17, 15) is 0 Å². The Morgan fingerprint density at radius 3 is 2.50 bits per heavy atom. The molecule has 0 amide bonds. The summed E-state index contributed by atoms with van der Waals surface area (Å²) in [5, 5.41) is 0.573. The molecular weight excluding hydrogens is 202 g/mol. The van der Waals surface area contributed by atoms with Crippen LogP contribution in [-0.4, -0.2) is 25.4 Å². The van der Waals surface area contributed by atoms with Crippen molar-refractivity contribution in [3.8, 4) is 5.75 Å². The van der Waals surface area contributed by atoms with Crippen LogP contribution in [0.5, 0.6) is 5.75 Å². The molecule has 3 nitrogen and oxygen atoms in total. The zero-order chi connectivity index (χ0) is 8.97. The van der Waals surface area contributed by atoms with Gasteiger partial charge >= 0.3 is 0 Å². The maximum atomic E-state index is 5.86. The van der Waals surface area contributed by atoms with Crippen molar-refractivity contribution in [3.63, 3.8) is 0 Å². The Morgan fingerprint density at radius 2 is 2.00 bits per heavy atom. The molecule has 0 aliphatic heterocycles. The fourth-order valence-corrected chi connectivity index (χ4v) is 1.09. The summed E-state index contributed by atoms with van der Waals surface area (Å²) < 4.78 is 5.35. The van der Waals surface area contributed by atoms with Crippen molar-refractivity contribution >= 4 is 24.9 Å². The molecule has 0 aromatic heterocycles. The van der Waals surface area contributed by atoms with E-state index >= 15 is 0 Å². The van der Waals surface area contributed by atoms with Crippen LogP contribution >= 0.6 is 11.6 Å². The van der Waals surface area contributed by atoms with Crippen molar-refractivity contribution < 1.29 is 15.7 Å². The first-order chi connectivity index (χ1) is 5.74. The third-order valence-corrected chi connectivity index (χ3v) is 1.71. The Labute approximate surface area is 90.1 Å². The van der Waals surface area contributed by atoms with Gasteiger partial charge in [0.15, 0.2) is 0 Å². The quantitative estimate of drug-likeness (QED) is 0.669. The summed E-state index contributed by atoms with van der Waals surface area (Å²) in [5.74, 6) is 0.702. The highest BCUT2D eigenvalue weighted by molar-refractivity contribution is 6.37. The van der Waals surface area contributed by atoms with Crippen LogP contribution in [0.15, 0.2) is 18.2 Å². The predicted octanol–water partition coefficient (Wildman–Crippen LogP) is 0.273. The molecule has 1 aromatic rings. The van der Waals surface area contributed by atoms with E-state index < -0.39 is 0 Å². The van der Waals surface area contributed by atoms with Crippen molar-refractivity contribution in [1.82, 2.24) is 0 Å². The average Bonchev–Trinajstić information content (AvgIpc) is 2.03. The SMILES string of the molecule is O.O.[B]c1ccc(OCCC)c(Cl)c1. The first-order valence-corrected chi connectivity index (χ1v) is 4.29. The normalized spacial score (nSPS) is 8.43. The molecule has 5 heteroatoms. The fourth-order valence-electron chi connectivity index (χ4n) is 0.846. The van der Waals surface area contributed by atoms with Gasteiger partial charge in [0.1, 0.15) is 13.6 Å². The molecule has 1 aromatic carbocycles. The third-order valence-electron chi connectivity index (χ3n) is 1.42. The average molecular weight is 216 g/mol. The molecule has 4 N–H and O–H groups in total. The monoisotopic (exact) mass is 216 g/mol. The summed E-state index contributed by atoms with van der Waals surface area (Å²) in [6.07, 6.45) is 0.973. The van der Waals surface area contributed by atoms with Crippen LogP contribution in [0.1, 0.15) is 13.3 Å². The number of benzene rings is 1. The van der Waals surface area contributed by atoms with Gasteiger partial charge in [-0.05, 0) is 18.6 Å². The Bertz CT molecular complexity index is 268. The maximum Gasteiger partial charge on any atom is 0.137 e. The van der Waals surface area contributed by atoms with Gasteiger partial charge < -0.3 is 15.7 Å². The largest absolute Gasteiger partial charge is 0.492 e. The standard InChI is InChI=1S/C9H10BClO.2H2O/c1-2-5-12-9-4-3-7(10)6-8(9)11;;/h3-4,6H,2,5H2,1H3;2*1H2. The van der Waals surface area contributed by atoms with Gasteiger partial charge in [-0.3, -0.25) is 0 Å². The molecule has 1 rings (SSSR count). The van der Waals surface area contributed by atoms with Crippen LogP contribution in [0.3, 0.4) is 0 Å². The van der Waals surface area contributed by atoms with Gasteiger partial charge in [0, 0.05) is 0 Å². The van der Waals surface area contributed by atoms with E-state index in [4.69, 9.17) is 24.2 Å². The summed E-state index contributed by atoms with van der Waals surface area (Å²) in [4.78, 5) is 0. The lowest BCUT2D eigenvalue weighted by Gasteiger charge is -2.06. The Balaban J connectivity index is 0. The van der Waals surface area contributed by atoms with Crippen molar-refractivity contribution in [1.29, 1.82) is 0 Å². The lowest BCUT2D eigenvalue weighted by Crippen LogP contribution is -2.02. The molecule has 0 aliphatic carbocycles. The van der Waals surface area contributed by atoms with Crippen LogP contribution in [-0.2, 0) is 0 Å². The highest BCUT2D eigenvalue weighted by Gasteiger charge is 1.99. The van der Waals surface area contributed by atoms with Gasteiger partial charge in [-0.2, -0.15) is 0 Å². The van der Waals surface area contributed by atoms with Crippen LogP contribution in [0.2, 0.25) is 5.02 Å². The predicted molar refractivity (Wildman–Crippen MR) is 59.9 cm³/mol. The zero-order valence-corrected chi connectivity index (χ0v) is 8.77. The van der Waals surface area contributed by atoms with Crippen LogP contribution in [0.4, 0.5) is 0 Å². The van der Waals surface area contributed by atoms with Crippen LogP contribution < -0.4 is 10.2 Å². The molecule has 0 bridgehead atoms. The van der Waals surface area contributed by atoms with Crippen molar-refractivity contribution in [3.05, 3.63) is 23.2 Å². The summed E-state index contributed by atoms with van der Waals surface area (Å²) in [6.45, 7) is 2.73. The molecule has 0 fully saturated rings. The molecule has 78 valence electrons. The summed E-state index contributed by atoms with van der Waals surface area (Å²) in [7, 11) is 5.52. The molecule has 0 heterocycles. The smallest absolute Gasteiger partial charge is 0.137 e. The first kappa shape index (κ1) is 15.8. The number of ether oxygens (including phenoxy) is 1. The summed E-state index contributed by atoms with van der Waals surface area (Å²) in [6, 6.07) is 5.25. The van der Waals surface area contributed by atoms with E-state index in [0.717, 1.165) is 6.42 Å². The summed E-state index contributed by atoms with van der Waals surface area (Å²) in [5.41, 5.74) is 0.656. The molecule has 0 unspecified atom stereocenters. The van der Waals surface area contributed by atoms with Crippen molar-refractivity contribution in [2.45, 2.75) is 13.3 Å². The first-order valence-electron chi connectivity index (χ1n) is 3.92. The van der Waals surface area contributed by atoms with E-state index in [-0.39, 0.29) is 11.0 Å². The van der Waals surface area contributed by atoms with Crippen LogP contribution in [0.25, 0.3) is 0 Å². The molecule has 0 saturated carbocycles. The van der Waals surface area contributed by atoms with E-state index in [0.29, 0.717) is 22.8 Å². The topological polar surface area (TPSA) is 72.2 Å². The number of hydrogen-bond donors (Lipinski definition) is 0. The van der Waals surface area contributed by atoms with Gasteiger partial charge in [0.2, 0.25) is 0 Å². The molecule has 0 spiro atoms. The van der Waals surface area contributed by atoms with Gasteiger partial charge in [0.25, 0.3) is 0 Å². The molecule has 0 atom stereocenters. The molecular formula is C9H14BClO3. The van der Waals surface area contributed by atoms with E-state index in [1.807, 2.05) is 6.92 Å². The van der Waals surface area contributed by atoms with Gasteiger partial charge in [-0.15, -0.1) is 0 Å². The minimum absolute atomic E-state index is 0. The minimum Gasteiger partial charge on any atom is -0.492 e.